The van der Waals surface area contributed by atoms with Gasteiger partial charge in [0.1, 0.15) is 11.6 Å². The van der Waals surface area contributed by atoms with Gasteiger partial charge in [0.15, 0.2) is 5.96 Å². The molecule has 5 nitrogen and oxygen atoms in total. The van der Waals surface area contributed by atoms with E-state index in [-0.39, 0.29) is 28.2 Å². The Hall–Kier alpha value is -3.79. The number of halogens is 2. The number of fused-ring (bicyclic) bond motifs is 1. The molecule has 0 saturated heterocycles. The highest BCUT2D eigenvalue weighted by Crippen LogP contribution is 2.33. The molecule has 0 saturated carbocycles. The minimum absolute atomic E-state index is 0.118. The number of benzene rings is 3. The molecular weight excluding hydrogens is 338 g/mol. The van der Waals surface area contributed by atoms with Crippen LogP contribution in [0.2, 0.25) is 0 Å². The van der Waals surface area contributed by atoms with Gasteiger partial charge in [0.2, 0.25) is 0 Å². The third-order valence-corrected chi connectivity index (χ3v) is 3.80. The molecule has 0 heterocycles. The Balaban J connectivity index is 2.26. The summed E-state index contributed by atoms with van der Waals surface area (Å²) in [4.78, 5) is 15.5. The first kappa shape index (κ1) is 17.0. The highest BCUT2D eigenvalue weighted by molar-refractivity contribution is 6.06. The molecule has 26 heavy (non-hydrogen) atoms. The Morgan fingerprint density at radius 3 is 2.35 bits per heavy atom. The predicted octanol–water partition coefficient (Wildman–Crippen LogP) is 3.07. The van der Waals surface area contributed by atoms with E-state index < -0.39 is 17.5 Å². The van der Waals surface area contributed by atoms with Gasteiger partial charge in [-0.05, 0) is 40.6 Å². The number of aliphatic imine (C=N–C) groups is 1. The molecule has 0 atom stereocenters. The molecule has 4 N–H and O–H groups in total. The molecule has 0 spiro atoms. The summed E-state index contributed by atoms with van der Waals surface area (Å²) in [5, 5.41) is 9.96. The van der Waals surface area contributed by atoms with Gasteiger partial charge in [-0.3, -0.25) is 4.79 Å². The average Bonchev–Trinajstić information content (AvgIpc) is 2.60. The topological polar surface area (TPSA) is 105 Å². The zero-order chi connectivity index (χ0) is 18.8. The Bertz CT molecular complexity index is 1090. The van der Waals surface area contributed by atoms with Crippen molar-refractivity contribution in [2.45, 2.75) is 0 Å². The normalized spacial score (nSPS) is 10.3. The number of amides is 1. The lowest BCUT2D eigenvalue weighted by molar-refractivity contribution is 0.100. The quantitative estimate of drug-likeness (QED) is 0.547. The maximum atomic E-state index is 14.4. The fourth-order valence-electron chi connectivity index (χ4n) is 2.70. The van der Waals surface area contributed by atoms with Gasteiger partial charge in [0, 0.05) is 5.56 Å². The van der Waals surface area contributed by atoms with E-state index in [2.05, 4.69) is 4.99 Å². The van der Waals surface area contributed by atoms with Crippen molar-refractivity contribution in [3.05, 3.63) is 71.3 Å². The molecule has 0 aromatic heterocycles. The van der Waals surface area contributed by atoms with E-state index in [4.69, 9.17) is 16.7 Å². The van der Waals surface area contributed by atoms with E-state index in [1.54, 1.807) is 24.3 Å². The van der Waals surface area contributed by atoms with Crippen molar-refractivity contribution < 1.29 is 13.6 Å². The van der Waals surface area contributed by atoms with Crippen molar-refractivity contribution in [1.29, 1.82) is 5.26 Å². The van der Waals surface area contributed by atoms with Crippen molar-refractivity contribution in [3.8, 4) is 17.2 Å². The van der Waals surface area contributed by atoms with Crippen LogP contribution < -0.4 is 11.5 Å². The fourth-order valence-corrected chi connectivity index (χ4v) is 2.70. The zero-order valence-corrected chi connectivity index (χ0v) is 13.3. The third kappa shape index (κ3) is 3.08. The van der Waals surface area contributed by atoms with Gasteiger partial charge in [0.05, 0.1) is 17.2 Å². The number of nitriles is 1. The van der Waals surface area contributed by atoms with Crippen molar-refractivity contribution in [1.82, 2.24) is 0 Å². The summed E-state index contributed by atoms with van der Waals surface area (Å²) >= 11 is 0. The van der Waals surface area contributed by atoms with Gasteiger partial charge in [-0.25, -0.2) is 8.78 Å². The maximum absolute atomic E-state index is 14.4. The molecule has 0 fully saturated rings. The highest BCUT2D eigenvalue weighted by Gasteiger charge is 2.17. The summed E-state index contributed by atoms with van der Waals surface area (Å²) in [6.45, 7) is 0. The third-order valence-electron chi connectivity index (χ3n) is 3.80. The number of hydrogen-bond acceptors (Lipinski definition) is 2. The first-order chi connectivity index (χ1) is 12.4. The Morgan fingerprint density at radius 2 is 1.73 bits per heavy atom. The summed E-state index contributed by atoms with van der Waals surface area (Å²) in [6.07, 6.45) is 0. The van der Waals surface area contributed by atoms with E-state index in [0.29, 0.717) is 10.8 Å². The van der Waals surface area contributed by atoms with Gasteiger partial charge in [-0.2, -0.15) is 10.3 Å². The molecule has 3 aromatic rings. The van der Waals surface area contributed by atoms with Crippen LogP contribution in [-0.2, 0) is 0 Å². The molecule has 128 valence electrons. The van der Waals surface area contributed by atoms with Crippen molar-refractivity contribution in [2.24, 2.45) is 16.5 Å². The SMILES string of the molecule is N#Cc1cc(F)c(-c2cccc3ccc(C(=O)N=C(N)N)cc23)c(F)c1. The van der Waals surface area contributed by atoms with Crippen LogP contribution in [0.5, 0.6) is 0 Å². The lowest BCUT2D eigenvalue weighted by atomic mass is 9.95. The summed E-state index contributed by atoms with van der Waals surface area (Å²) in [7, 11) is 0. The van der Waals surface area contributed by atoms with Crippen LogP contribution in [0.4, 0.5) is 8.78 Å². The van der Waals surface area contributed by atoms with Crippen LogP contribution in [0.1, 0.15) is 15.9 Å². The molecule has 0 aliphatic carbocycles. The second-order valence-corrected chi connectivity index (χ2v) is 5.51. The summed E-state index contributed by atoms with van der Waals surface area (Å²) in [5.74, 6) is -2.78. The number of guanidine groups is 1. The van der Waals surface area contributed by atoms with E-state index in [9.17, 15) is 13.6 Å². The van der Waals surface area contributed by atoms with Gasteiger partial charge in [-0.1, -0.05) is 24.3 Å². The van der Waals surface area contributed by atoms with E-state index in [1.807, 2.05) is 0 Å². The van der Waals surface area contributed by atoms with Gasteiger partial charge >= 0.3 is 0 Å². The smallest absolute Gasteiger partial charge is 0.280 e. The van der Waals surface area contributed by atoms with Crippen LogP contribution in [0.3, 0.4) is 0 Å². The second-order valence-electron chi connectivity index (χ2n) is 5.51. The number of nitrogens with zero attached hydrogens (tertiary/aromatic N) is 2. The Labute approximate surface area is 147 Å². The minimum Gasteiger partial charge on any atom is -0.370 e. The zero-order valence-electron chi connectivity index (χ0n) is 13.3. The summed E-state index contributed by atoms with van der Waals surface area (Å²) in [5.41, 5.74) is 10.5. The molecule has 0 bridgehead atoms. The minimum atomic E-state index is -0.866. The van der Waals surface area contributed by atoms with E-state index in [1.165, 1.54) is 18.2 Å². The first-order valence-corrected chi connectivity index (χ1v) is 7.47. The van der Waals surface area contributed by atoms with Crippen LogP contribution in [0, 0.1) is 23.0 Å². The number of hydrogen-bond donors (Lipinski definition) is 2. The Morgan fingerprint density at radius 1 is 1.04 bits per heavy atom. The largest absolute Gasteiger partial charge is 0.370 e. The van der Waals surface area contributed by atoms with Gasteiger partial charge < -0.3 is 11.5 Å². The number of nitrogens with two attached hydrogens (primary N) is 2. The van der Waals surface area contributed by atoms with Crippen molar-refractivity contribution >= 4 is 22.6 Å². The van der Waals surface area contributed by atoms with Crippen LogP contribution in [-0.4, -0.2) is 11.9 Å². The molecule has 7 heteroatoms. The molecule has 0 unspecified atom stereocenters. The van der Waals surface area contributed by atoms with Gasteiger partial charge in [0.25, 0.3) is 5.91 Å². The maximum Gasteiger partial charge on any atom is 0.280 e. The monoisotopic (exact) mass is 350 g/mol. The first-order valence-electron chi connectivity index (χ1n) is 7.47. The van der Waals surface area contributed by atoms with Crippen LogP contribution in [0.25, 0.3) is 21.9 Å². The van der Waals surface area contributed by atoms with E-state index >= 15 is 0 Å². The molecule has 3 rings (SSSR count). The molecule has 0 aliphatic rings. The number of carbonyl (C=O) groups excluding carboxylic acids is 1. The summed E-state index contributed by atoms with van der Waals surface area (Å²) < 4.78 is 28.9. The van der Waals surface area contributed by atoms with Crippen molar-refractivity contribution in [3.63, 3.8) is 0 Å². The number of carbonyl (C=O) groups is 1. The van der Waals surface area contributed by atoms with Crippen LogP contribution in [0.15, 0.2) is 53.5 Å². The molecule has 1 amide bonds. The average molecular weight is 350 g/mol. The highest BCUT2D eigenvalue weighted by atomic mass is 19.1. The van der Waals surface area contributed by atoms with Crippen LogP contribution >= 0.6 is 0 Å². The van der Waals surface area contributed by atoms with E-state index in [0.717, 1.165) is 12.1 Å². The van der Waals surface area contributed by atoms with Gasteiger partial charge in [-0.15, -0.1) is 0 Å². The standard InChI is InChI=1S/C19H12F2N4O/c20-15-6-10(9-22)7-16(21)17(15)13-3-1-2-11-4-5-12(8-14(11)13)18(26)25-19(23)24/h1-8H,(H4,23,24,25,26). The molecule has 0 radical (unpaired) electrons. The molecule has 3 aromatic carbocycles. The Kier molecular flexibility index (Phi) is 4.33. The second kappa shape index (κ2) is 6.61. The fraction of sp³-hybridized carbons (Fsp3) is 0. The molecular formula is C19H12F2N4O. The lowest BCUT2D eigenvalue weighted by Gasteiger charge is -2.10. The predicted molar refractivity (Wildman–Crippen MR) is 94.2 cm³/mol. The number of rotatable bonds is 2. The lowest BCUT2D eigenvalue weighted by Crippen LogP contribution is -2.24. The summed E-state index contributed by atoms with van der Waals surface area (Å²) in [6, 6.07) is 13.2. The molecule has 0 aliphatic heterocycles. The van der Waals surface area contributed by atoms with Crippen molar-refractivity contribution in [2.75, 3.05) is 0 Å².